The molecule has 1 amide bonds. The molecule has 0 saturated carbocycles. The van der Waals surface area contributed by atoms with E-state index < -0.39 is 5.82 Å². The number of para-hydroxylation sites is 1. The first-order valence-electron chi connectivity index (χ1n) is 6.57. The van der Waals surface area contributed by atoms with E-state index in [1.807, 2.05) is 4.90 Å². The van der Waals surface area contributed by atoms with Crippen LogP contribution in [0.3, 0.4) is 0 Å². The van der Waals surface area contributed by atoms with E-state index in [1.165, 1.54) is 6.07 Å². The highest BCUT2D eigenvalue weighted by molar-refractivity contribution is 5.79. The molecule has 2 rings (SSSR count). The Balaban J connectivity index is 1.93. The van der Waals surface area contributed by atoms with Crippen LogP contribution in [0.4, 0.5) is 4.39 Å². The number of phenols is 1. The summed E-state index contributed by atoms with van der Waals surface area (Å²) < 4.78 is 18.2. The number of methoxy groups -OCH3 is 1. The summed E-state index contributed by atoms with van der Waals surface area (Å²) in [6.45, 7) is 3.08. The van der Waals surface area contributed by atoms with E-state index in [-0.39, 0.29) is 18.2 Å². The Labute approximate surface area is 117 Å². The molecule has 110 valence electrons. The van der Waals surface area contributed by atoms with Crippen LogP contribution in [0.2, 0.25) is 0 Å². The predicted octanol–water partition coefficient (Wildman–Crippen LogP) is 0.822. The van der Waals surface area contributed by atoms with Gasteiger partial charge in [0.2, 0.25) is 5.91 Å². The van der Waals surface area contributed by atoms with Crippen LogP contribution in [0.5, 0.6) is 5.75 Å². The number of piperazine rings is 1. The van der Waals surface area contributed by atoms with Crippen LogP contribution in [0.25, 0.3) is 0 Å². The molecule has 1 aliphatic rings. The smallest absolute Gasteiger partial charge is 0.236 e. The van der Waals surface area contributed by atoms with Gasteiger partial charge in [-0.05, 0) is 6.07 Å². The van der Waals surface area contributed by atoms with Crippen LogP contribution in [0, 0.1) is 5.82 Å². The van der Waals surface area contributed by atoms with E-state index in [1.54, 1.807) is 24.1 Å². The van der Waals surface area contributed by atoms with Crippen molar-refractivity contribution in [3.8, 4) is 5.75 Å². The van der Waals surface area contributed by atoms with Crippen LogP contribution in [-0.4, -0.2) is 60.7 Å². The van der Waals surface area contributed by atoms with Gasteiger partial charge in [0, 0.05) is 38.9 Å². The van der Waals surface area contributed by atoms with Crippen molar-refractivity contribution in [2.45, 2.75) is 6.54 Å². The molecule has 1 aromatic carbocycles. The van der Waals surface area contributed by atoms with Gasteiger partial charge < -0.3 is 14.7 Å². The van der Waals surface area contributed by atoms with Crippen molar-refractivity contribution in [1.29, 1.82) is 0 Å². The van der Waals surface area contributed by atoms with Crippen molar-refractivity contribution in [2.75, 3.05) is 39.9 Å². The monoisotopic (exact) mass is 282 g/mol. The minimum Gasteiger partial charge on any atom is -0.505 e. The van der Waals surface area contributed by atoms with Gasteiger partial charge in [0.25, 0.3) is 0 Å². The summed E-state index contributed by atoms with van der Waals surface area (Å²) in [7, 11) is 1.60. The molecule has 6 heteroatoms. The van der Waals surface area contributed by atoms with Crippen LogP contribution in [0.15, 0.2) is 18.2 Å². The van der Waals surface area contributed by atoms with Crippen LogP contribution in [-0.2, 0) is 16.1 Å². The fourth-order valence-electron chi connectivity index (χ4n) is 2.26. The zero-order chi connectivity index (χ0) is 14.5. The number of nitrogens with zero attached hydrogens (tertiary/aromatic N) is 2. The molecule has 0 unspecified atom stereocenters. The minimum absolute atomic E-state index is 0.0317. The Bertz CT molecular complexity index is 481. The van der Waals surface area contributed by atoms with Crippen LogP contribution >= 0.6 is 0 Å². The molecule has 0 aromatic heterocycles. The molecule has 0 atom stereocenters. The molecular formula is C14H19FN2O3. The summed E-state index contributed by atoms with van der Waals surface area (Å²) in [5.41, 5.74) is 0.503. The van der Waals surface area contributed by atoms with Gasteiger partial charge in [-0.15, -0.1) is 0 Å². The van der Waals surface area contributed by atoms with Gasteiger partial charge in [-0.2, -0.15) is 0 Å². The molecule has 0 bridgehead atoms. The third-order valence-corrected chi connectivity index (χ3v) is 3.43. The summed E-state index contributed by atoms with van der Waals surface area (Å²) in [5, 5.41) is 9.65. The van der Waals surface area contributed by atoms with Gasteiger partial charge in [-0.1, -0.05) is 12.1 Å². The number of amides is 1. The number of phenolic OH excluding ortho intramolecular Hbond substituents is 1. The van der Waals surface area contributed by atoms with Crippen molar-refractivity contribution in [1.82, 2.24) is 9.80 Å². The number of aromatic hydroxyl groups is 1. The molecule has 1 fully saturated rings. The quantitative estimate of drug-likeness (QED) is 0.869. The van der Waals surface area contributed by atoms with Gasteiger partial charge in [0.1, 0.15) is 0 Å². The Morgan fingerprint density at radius 3 is 2.90 bits per heavy atom. The average Bonchev–Trinajstić information content (AvgIpc) is 2.43. The maximum atomic E-state index is 13.3. The molecule has 1 heterocycles. The Hall–Kier alpha value is -1.66. The molecule has 1 N–H and O–H groups in total. The number of hydrogen-bond acceptors (Lipinski definition) is 4. The standard InChI is InChI=1S/C14H19FN2O3/c1-20-8-7-17-6-5-16(10-13(17)18)9-11-3-2-4-12(15)14(11)19/h2-4,19H,5-10H2,1H3. The molecule has 1 saturated heterocycles. The lowest BCUT2D eigenvalue weighted by Gasteiger charge is -2.34. The lowest BCUT2D eigenvalue weighted by atomic mass is 10.1. The third kappa shape index (κ3) is 3.46. The lowest BCUT2D eigenvalue weighted by Crippen LogP contribution is -2.50. The van der Waals surface area contributed by atoms with E-state index >= 15 is 0 Å². The number of carbonyl (C=O) groups excluding carboxylic acids is 1. The number of halogens is 1. The summed E-state index contributed by atoms with van der Waals surface area (Å²) >= 11 is 0. The van der Waals surface area contributed by atoms with E-state index in [2.05, 4.69) is 0 Å². The number of ether oxygens (including phenoxy) is 1. The highest BCUT2D eigenvalue weighted by Gasteiger charge is 2.24. The van der Waals surface area contributed by atoms with Crippen LogP contribution in [0.1, 0.15) is 5.56 Å². The van der Waals surface area contributed by atoms with Gasteiger partial charge in [0.15, 0.2) is 11.6 Å². The molecule has 5 nitrogen and oxygen atoms in total. The largest absolute Gasteiger partial charge is 0.505 e. The zero-order valence-corrected chi connectivity index (χ0v) is 11.5. The van der Waals surface area contributed by atoms with Gasteiger partial charge in [0.05, 0.1) is 13.2 Å². The Kier molecular flexibility index (Phi) is 4.92. The summed E-state index contributed by atoms with van der Waals surface area (Å²) in [6.07, 6.45) is 0. The van der Waals surface area contributed by atoms with E-state index in [4.69, 9.17) is 4.74 Å². The van der Waals surface area contributed by atoms with Crippen molar-refractivity contribution >= 4 is 5.91 Å². The SMILES string of the molecule is COCCN1CCN(Cc2cccc(F)c2O)CC1=O. The second-order valence-corrected chi connectivity index (χ2v) is 4.83. The first kappa shape index (κ1) is 14.7. The Morgan fingerprint density at radius 2 is 2.20 bits per heavy atom. The fraction of sp³-hybridized carbons (Fsp3) is 0.500. The highest BCUT2D eigenvalue weighted by atomic mass is 19.1. The molecule has 0 spiro atoms. The molecule has 0 aliphatic carbocycles. The normalized spacial score (nSPS) is 16.7. The van der Waals surface area contributed by atoms with Gasteiger partial charge in [-0.25, -0.2) is 4.39 Å². The molecule has 1 aromatic rings. The number of hydrogen-bond donors (Lipinski definition) is 1. The van der Waals surface area contributed by atoms with Crippen molar-refractivity contribution in [2.24, 2.45) is 0 Å². The van der Waals surface area contributed by atoms with Crippen molar-refractivity contribution < 1.29 is 19.0 Å². The fourth-order valence-corrected chi connectivity index (χ4v) is 2.26. The van der Waals surface area contributed by atoms with Crippen molar-refractivity contribution in [3.63, 3.8) is 0 Å². The summed E-state index contributed by atoms with van der Waals surface area (Å²) in [4.78, 5) is 15.6. The molecule has 1 aliphatic heterocycles. The first-order chi connectivity index (χ1) is 9.61. The van der Waals surface area contributed by atoms with Gasteiger partial charge >= 0.3 is 0 Å². The number of benzene rings is 1. The Morgan fingerprint density at radius 1 is 1.40 bits per heavy atom. The molecule has 20 heavy (non-hydrogen) atoms. The van der Waals surface area contributed by atoms with E-state index in [0.717, 1.165) is 0 Å². The third-order valence-electron chi connectivity index (χ3n) is 3.43. The average molecular weight is 282 g/mol. The second-order valence-electron chi connectivity index (χ2n) is 4.83. The molecular weight excluding hydrogens is 263 g/mol. The second kappa shape index (κ2) is 6.67. The highest BCUT2D eigenvalue weighted by Crippen LogP contribution is 2.22. The zero-order valence-electron chi connectivity index (χ0n) is 11.5. The van der Waals surface area contributed by atoms with Crippen molar-refractivity contribution in [3.05, 3.63) is 29.6 Å². The maximum absolute atomic E-state index is 13.3. The number of carbonyl (C=O) groups is 1. The topological polar surface area (TPSA) is 53.0 Å². The summed E-state index contributed by atoms with van der Waals surface area (Å²) in [6, 6.07) is 4.44. The van der Waals surface area contributed by atoms with E-state index in [9.17, 15) is 14.3 Å². The lowest BCUT2D eigenvalue weighted by molar-refractivity contribution is -0.136. The maximum Gasteiger partial charge on any atom is 0.236 e. The van der Waals surface area contributed by atoms with Crippen LogP contribution < -0.4 is 0 Å². The first-order valence-corrected chi connectivity index (χ1v) is 6.57. The minimum atomic E-state index is -0.632. The summed E-state index contributed by atoms with van der Waals surface area (Å²) in [5.74, 6) is -0.932. The van der Waals surface area contributed by atoms with E-state index in [0.29, 0.717) is 38.3 Å². The molecule has 0 radical (unpaired) electrons. The predicted molar refractivity (Wildman–Crippen MR) is 71.8 cm³/mol. The number of rotatable bonds is 5. The van der Waals surface area contributed by atoms with Gasteiger partial charge in [-0.3, -0.25) is 9.69 Å².